The lowest BCUT2D eigenvalue weighted by Crippen LogP contribution is -2.10. The molecule has 0 aliphatic carbocycles. The Balaban J connectivity index is 3.42. The molecule has 0 saturated heterocycles. The normalized spacial score (nSPS) is 10.8. The molecule has 16 heavy (non-hydrogen) atoms. The Morgan fingerprint density at radius 2 is 2.06 bits per heavy atom. The van der Waals surface area contributed by atoms with Gasteiger partial charge in [0.2, 0.25) is 5.75 Å². The maximum atomic E-state index is 10.5. The maximum absolute atomic E-state index is 10.5. The van der Waals surface area contributed by atoms with E-state index < -0.39 is 26.8 Å². The molecule has 8 nitrogen and oxygen atoms in total. The number of benzene rings is 1. The summed E-state index contributed by atoms with van der Waals surface area (Å²) in [7, 11) is -4.93. The number of hydrogen-bond donors (Lipinski definition) is 1. The van der Waals surface area contributed by atoms with Crippen molar-refractivity contribution >= 4 is 22.4 Å². The predicted octanol–water partition coefficient (Wildman–Crippen LogP) is 0.589. The number of carbonyl (C=O) groups is 1. The highest BCUT2D eigenvalue weighted by molar-refractivity contribution is 7.81. The SMILES string of the molecule is O=Cc1cccc([N+](=O)[O-])c1OS(=O)(=O)O. The summed E-state index contributed by atoms with van der Waals surface area (Å²) in [5, 5.41) is 10.5. The minimum Gasteiger partial charge on any atom is -0.354 e. The van der Waals surface area contributed by atoms with Gasteiger partial charge in [-0.3, -0.25) is 19.5 Å². The first-order chi connectivity index (χ1) is 7.35. The molecule has 9 heteroatoms. The highest BCUT2D eigenvalue weighted by atomic mass is 32.3. The van der Waals surface area contributed by atoms with Crippen LogP contribution in [0, 0.1) is 10.1 Å². The average molecular weight is 247 g/mol. The van der Waals surface area contributed by atoms with Crippen molar-refractivity contribution in [3.63, 3.8) is 0 Å². The zero-order valence-corrected chi connectivity index (χ0v) is 8.38. The van der Waals surface area contributed by atoms with Crippen LogP contribution in [0.5, 0.6) is 5.75 Å². The van der Waals surface area contributed by atoms with Crippen molar-refractivity contribution in [1.82, 2.24) is 0 Å². The summed E-state index contributed by atoms with van der Waals surface area (Å²) in [5.74, 6) is -0.815. The van der Waals surface area contributed by atoms with Crippen molar-refractivity contribution in [2.24, 2.45) is 0 Å². The number of para-hydroxylation sites is 1. The lowest BCUT2D eigenvalue weighted by Gasteiger charge is -2.04. The second-order valence-corrected chi connectivity index (χ2v) is 3.60. The lowest BCUT2D eigenvalue weighted by atomic mass is 10.2. The van der Waals surface area contributed by atoms with Crippen LogP contribution < -0.4 is 4.18 Å². The second-order valence-electron chi connectivity index (χ2n) is 2.58. The van der Waals surface area contributed by atoms with Crippen LogP contribution in [-0.4, -0.2) is 24.2 Å². The van der Waals surface area contributed by atoms with Crippen LogP contribution in [-0.2, 0) is 10.4 Å². The number of carbonyl (C=O) groups excluding carboxylic acids is 1. The van der Waals surface area contributed by atoms with Gasteiger partial charge in [0, 0.05) is 6.07 Å². The molecule has 0 spiro atoms. The summed E-state index contributed by atoms with van der Waals surface area (Å²) < 4.78 is 33.3. The fourth-order valence-electron chi connectivity index (χ4n) is 0.975. The maximum Gasteiger partial charge on any atom is 0.446 e. The van der Waals surface area contributed by atoms with Gasteiger partial charge >= 0.3 is 16.1 Å². The van der Waals surface area contributed by atoms with Gasteiger partial charge < -0.3 is 4.18 Å². The van der Waals surface area contributed by atoms with Crippen LogP contribution in [0.3, 0.4) is 0 Å². The first-order valence-corrected chi connectivity index (χ1v) is 5.11. The topological polar surface area (TPSA) is 124 Å². The molecule has 0 radical (unpaired) electrons. The van der Waals surface area contributed by atoms with E-state index in [2.05, 4.69) is 4.18 Å². The monoisotopic (exact) mass is 247 g/mol. The van der Waals surface area contributed by atoms with E-state index >= 15 is 0 Å². The minimum absolute atomic E-state index is 0.174. The summed E-state index contributed by atoms with van der Waals surface area (Å²) >= 11 is 0. The number of nitro benzene ring substituents is 1. The quantitative estimate of drug-likeness (QED) is 0.357. The Kier molecular flexibility index (Phi) is 3.20. The van der Waals surface area contributed by atoms with Gasteiger partial charge in [0.15, 0.2) is 6.29 Å². The first-order valence-electron chi connectivity index (χ1n) is 3.74. The Morgan fingerprint density at radius 1 is 1.44 bits per heavy atom. The highest BCUT2D eigenvalue weighted by Crippen LogP contribution is 2.30. The van der Waals surface area contributed by atoms with Crippen LogP contribution >= 0.6 is 0 Å². The third-order valence-corrected chi connectivity index (χ3v) is 1.91. The third kappa shape index (κ3) is 2.74. The Hall–Kier alpha value is -2.00. The van der Waals surface area contributed by atoms with Gasteiger partial charge in [0.1, 0.15) is 0 Å². The smallest absolute Gasteiger partial charge is 0.354 e. The summed E-state index contributed by atoms with van der Waals surface area (Å²) in [6.45, 7) is 0. The lowest BCUT2D eigenvalue weighted by molar-refractivity contribution is -0.385. The largest absolute Gasteiger partial charge is 0.446 e. The molecule has 0 aromatic heterocycles. The van der Waals surface area contributed by atoms with Crippen molar-refractivity contribution in [2.75, 3.05) is 0 Å². The minimum atomic E-state index is -4.93. The summed E-state index contributed by atoms with van der Waals surface area (Å²) in [4.78, 5) is 20.1. The van der Waals surface area contributed by atoms with E-state index in [4.69, 9.17) is 4.55 Å². The van der Waals surface area contributed by atoms with E-state index in [1.807, 2.05) is 0 Å². The number of nitro groups is 1. The van der Waals surface area contributed by atoms with Gasteiger partial charge in [-0.15, -0.1) is 0 Å². The van der Waals surface area contributed by atoms with Crippen LogP contribution in [0.15, 0.2) is 18.2 Å². The zero-order chi connectivity index (χ0) is 12.3. The van der Waals surface area contributed by atoms with Crippen molar-refractivity contribution < 1.29 is 26.9 Å². The molecular weight excluding hydrogens is 242 g/mol. The van der Waals surface area contributed by atoms with E-state index in [9.17, 15) is 23.3 Å². The molecule has 0 aliphatic rings. The second kappa shape index (κ2) is 4.24. The predicted molar refractivity (Wildman–Crippen MR) is 50.7 cm³/mol. The Bertz CT molecular complexity index is 536. The number of hydrogen-bond acceptors (Lipinski definition) is 6. The van der Waals surface area contributed by atoms with Gasteiger partial charge in [0.25, 0.3) is 0 Å². The number of nitrogens with zero attached hydrogens (tertiary/aromatic N) is 1. The molecule has 0 atom stereocenters. The Labute approximate surface area is 89.6 Å². The Morgan fingerprint density at radius 3 is 2.50 bits per heavy atom. The van der Waals surface area contributed by atoms with Gasteiger partial charge in [-0.25, -0.2) is 0 Å². The molecule has 1 aromatic rings. The van der Waals surface area contributed by atoms with Crippen molar-refractivity contribution in [3.05, 3.63) is 33.9 Å². The molecule has 0 saturated carbocycles. The van der Waals surface area contributed by atoms with Gasteiger partial charge in [0.05, 0.1) is 10.5 Å². The molecule has 1 N–H and O–H groups in total. The molecule has 1 rings (SSSR count). The molecule has 86 valence electrons. The van der Waals surface area contributed by atoms with Crippen LogP contribution in [0.4, 0.5) is 5.69 Å². The molecular formula is C7H5NO7S. The number of rotatable bonds is 4. The van der Waals surface area contributed by atoms with Crippen LogP contribution in [0.25, 0.3) is 0 Å². The van der Waals surface area contributed by atoms with E-state index in [0.29, 0.717) is 0 Å². The molecule has 0 amide bonds. The van der Waals surface area contributed by atoms with Crippen molar-refractivity contribution in [2.45, 2.75) is 0 Å². The van der Waals surface area contributed by atoms with Crippen molar-refractivity contribution in [3.8, 4) is 5.75 Å². The van der Waals surface area contributed by atoms with E-state index in [1.54, 1.807) is 0 Å². The molecule has 0 heterocycles. The summed E-state index contributed by atoms with van der Waals surface area (Å²) in [5.41, 5.74) is -1.09. The molecule has 0 fully saturated rings. The molecule has 1 aromatic carbocycles. The van der Waals surface area contributed by atoms with Crippen molar-refractivity contribution in [1.29, 1.82) is 0 Å². The standard InChI is InChI=1S/C7H5NO7S/c9-4-5-2-1-3-6(8(10)11)7(5)15-16(12,13)14/h1-4H,(H,12,13,14). The fourth-order valence-corrected chi connectivity index (χ4v) is 1.37. The van der Waals surface area contributed by atoms with E-state index in [0.717, 1.165) is 12.1 Å². The summed E-state index contributed by atoms with van der Waals surface area (Å²) in [6, 6.07) is 3.23. The highest BCUT2D eigenvalue weighted by Gasteiger charge is 2.23. The van der Waals surface area contributed by atoms with Gasteiger partial charge in [-0.1, -0.05) is 6.07 Å². The van der Waals surface area contributed by atoms with Crippen LogP contribution in [0.2, 0.25) is 0 Å². The fraction of sp³-hybridized carbons (Fsp3) is 0. The van der Waals surface area contributed by atoms with Gasteiger partial charge in [-0.05, 0) is 6.07 Å². The molecule has 0 bridgehead atoms. The molecule has 0 aliphatic heterocycles. The third-order valence-electron chi connectivity index (χ3n) is 1.54. The number of aldehydes is 1. The van der Waals surface area contributed by atoms with E-state index in [1.165, 1.54) is 6.07 Å². The van der Waals surface area contributed by atoms with Gasteiger partial charge in [-0.2, -0.15) is 8.42 Å². The molecule has 0 unspecified atom stereocenters. The van der Waals surface area contributed by atoms with E-state index in [-0.39, 0.29) is 11.8 Å². The zero-order valence-electron chi connectivity index (χ0n) is 7.56. The summed E-state index contributed by atoms with van der Waals surface area (Å²) in [6.07, 6.45) is 0.174. The first kappa shape index (κ1) is 12.1. The average Bonchev–Trinajstić information content (AvgIpc) is 2.15. The van der Waals surface area contributed by atoms with Crippen LogP contribution in [0.1, 0.15) is 10.4 Å².